The van der Waals surface area contributed by atoms with Gasteiger partial charge in [-0.05, 0) is 39.2 Å². The van der Waals surface area contributed by atoms with Crippen LogP contribution in [-0.4, -0.2) is 10.5 Å². The lowest BCUT2D eigenvalue weighted by molar-refractivity contribution is 0.0856. The van der Waals surface area contributed by atoms with Gasteiger partial charge in [0.15, 0.2) is 6.10 Å². The van der Waals surface area contributed by atoms with Gasteiger partial charge in [-0.3, -0.25) is 4.79 Å². The number of halogens is 1. The fourth-order valence-electron chi connectivity index (χ4n) is 2.26. The summed E-state index contributed by atoms with van der Waals surface area (Å²) in [6.07, 6.45) is 0.648. The SMILES string of the molecule is O=C(NCc1ccccc1)c1ccc([C@H]2CC(Br)=NO2)cc1. The number of oxime groups is 1. The second-order valence-electron chi connectivity index (χ2n) is 5.06. The zero-order chi connectivity index (χ0) is 15.4. The first-order valence-corrected chi connectivity index (χ1v) is 7.82. The van der Waals surface area contributed by atoms with Gasteiger partial charge < -0.3 is 10.2 Å². The Balaban J connectivity index is 1.59. The topological polar surface area (TPSA) is 50.7 Å². The maximum Gasteiger partial charge on any atom is 0.251 e. The molecule has 1 amide bonds. The molecule has 1 heterocycles. The van der Waals surface area contributed by atoms with Crippen molar-refractivity contribution in [3.63, 3.8) is 0 Å². The first-order chi connectivity index (χ1) is 10.7. The lowest BCUT2D eigenvalue weighted by atomic mass is 10.0. The van der Waals surface area contributed by atoms with E-state index in [1.165, 1.54) is 0 Å². The first-order valence-electron chi connectivity index (χ1n) is 7.02. The quantitative estimate of drug-likeness (QED) is 0.903. The molecule has 4 nitrogen and oxygen atoms in total. The summed E-state index contributed by atoms with van der Waals surface area (Å²) in [4.78, 5) is 17.4. The summed E-state index contributed by atoms with van der Waals surface area (Å²) < 4.78 is 0.808. The van der Waals surface area contributed by atoms with E-state index in [2.05, 4.69) is 26.4 Å². The molecular weight excluding hydrogens is 344 g/mol. The molecule has 22 heavy (non-hydrogen) atoms. The molecule has 0 unspecified atom stereocenters. The Kier molecular flexibility index (Phi) is 4.53. The minimum absolute atomic E-state index is 0.0733. The third-order valence-electron chi connectivity index (χ3n) is 3.47. The third-order valence-corrected chi connectivity index (χ3v) is 3.94. The van der Waals surface area contributed by atoms with Crippen LogP contribution in [0, 0.1) is 0 Å². The second kappa shape index (κ2) is 6.75. The third kappa shape index (κ3) is 3.54. The molecule has 0 aliphatic carbocycles. The van der Waals surface area contributed by atoms with Crippen molar-refractivity contribution in [2.75, 3.05) is 0 Å². The van der Waals surface area contributed by atoms with E-state index in [1.807, 2.05) is 54.6 Å². The van der Waals surface area contributed by atoms with Crippen molar-refractivity contribution in [2.24, 2.45) is 5.16 Å². The zero-order valence-corrected chi connectivity index (χ0v) is 13.4. The summed E-state index contributed by atoms with van der Waals surface area (Å²) >= 11 is 3.32. The van der Waals surface area contributed by atoms with E-state index >= 15 is 0 Å². The van der Waals surface area contributed by atoms with E-state index in [9.17, 15) is 4.79 Å². The molecule has 2 aromatic carbocycles. The Morgan fingerprint density at radius 3 is 2.55 bits per heavy atom. The molecule has 3 rings (SSSR count). The molecule has 1 atom stereocenters. The number of carbonyl (C=O) groups is 1. The van der Waals surface area contributed by atoms with Crippen molar-refractivity contribution in [3.05, 3.63) is 71.3 Å². The fourth-order valence-corrected chi connectivity index (χ4v) is 2.63. The van der Waals surface area contributed by atoms with Gasteiger partial charge in [-0.15, -0.1) is 0 Å². The number of hydrogen-bond donors (Lipinski definition) is 1. The average Bonchev–Trinajstić information content (AvgIpc) is 3.00. The van der Waals surface area contributed by atoms with Crippen molar-refractivity contribution >= 4 is 26.5 Å². The number of nitrogens with zero attached hydrogens (tertiary/aromatic N) is 1. The summed E-state index contributed by atoms with van der Waals surface area (Å²) in [5.74, 6) is -0.0832. The standard InChI is InChI=1S/C17H15BrN2O2/c18-16-10-15(22-20-16)13-6-8-14(9-7-13)17(21)19-11-12-4-2-1-3-5-12/h1-9,15H,10-11H2,(H,19,21)/t15-/m1/s1. The van der Waals surface area contributed by atoms with Crippen molar-refractivity contribution in [1.29, 1.82) is 0 Å². The maximum atomic E-state index is 12.1. The lowest BCUT2D eigenvalue weighted by Crippen LogP contribution is -2.22. The number of rotatable bonds is 4. The van der Waals surface area contributed by atoms with E-state index in [-0.39, 0.29) is 12.0 Å². The highest BCUT2D eigenvalue weighted by atomic mass is 79.9. The van der Waals surface area contributed by atoms with Crippen LogP contribution in [0.3, 0.4) is 0 Å². The minimum Gasteiger partial charge on any atom is -0.386 e. The van der Waals surface area contributed by atoms with Gasteiger partial charge in [0, 0.05) is 18.5 Å². The molecule has 0 spiro atoms. The van der Waals surface area contributed by atoms with Gasteiger partial charge in [0.25, 0.3) is 5.91 Å². The van der Waals surface area contributed by atoms with Crippen LogP contribution in [0.2, 0.25) is 0 Å². The number of hydrogen-bond acceptors (Lipinski definition) is 3. The Morgan fingerprint density at radius 1 is 1.18 bits per heavy atom. The van der Waals surface area contributed by atoms with E-state index < -0.39 is 0 Å². The summed E-state index contributed by atoms with van der Waals surface area (Å²) in [5.41, 5.74) is 2.73. The predicted octanol–water partition coefficient (Wildman–Crippen LogP) is 3.79. The molecule has 5 heteroatoms. The molecule has 1 aliphatic heterocycles. The number of nitrogens with one attached hydrogen (secondary N) is 1. The fraction of sp³-hybridized carbons (Fsp3) is 0.176. The second-order valence-corrected chi connectivity index (χ2v) is 5.97. The molecular formula is C17H15BrN2O2. The monoisotopic (exact) mass is 358 g/mol. The van der Waals surface area contributed by atoms with Gasteiger partial charge >= 0.3 is 0 Å². The van der Waals surface area contributed by atoms with E-state index in [0.717, 1.165) is 22.2 Å². The normalized spacial score (nSPS) is 16.8. The number of carbonyl (C=O) groups excluding carboxylic acids is 1. The Labute approximate surface area is 137 Å². The summed E-state index contributed by atoms with van der Waals surface area (Å²) in [7, 11) is 0. The zero-order valence-electron chi connectivity index (χ0n) is 11.8. The van der Waals surface area contributed by atoms with Crippen LogP contribution >= 0.6 is 15.9 Å². The lowest BCUT2D eigenvalue weighted by Gasteiger charge is -2.09. The Hall–Kier alpha value is -2.14. The summed E-state index contributed by atoms with van der Waals surface area (Å²) in [6, 6.07) is 17.3. The minimum atomic E-state index is -0.0832. The van der Waals surface area contributed by atoms with Crippen LogP contribution in [0.15, 0.2) is 59.8 Å². The average molecular weight is 359 g/mol. The maximum absolute atomic E-state index is 12.1. The molecule has 0 bridgehead atoms. The smallest absolute Gasteiger partial charge is 0.251 e. The highest BCUT2D eigenvalue weighted by molar-refractivity contribution is 9.18. The van der Waals surface area contributed by atoms with Gasteiger partial charge in [0.1, 0.15) is 4.62 Å². The molecule has 1 N–H and O–H groups in total. The van der Waals surface area contributed by atoms with Crippen molar-refractivity contribution < 1.29 is 9.63 Å². The van der Waals surface area contributed by atoms with Gasteiger partial charge in [-0.2, -0.15) is 0 Å². The molecule has 0 aromatic heterocycles. The predicted molar refractivity (Wildman–Crippen MR) is 88.9 cm³/mol. The Bertz CT molecular complexity index is 684. The molecule has 0 fully saturated rings. The van der Waals surface area contributed by atoms with Crippen LogP contribution in [0.4, 0.5) is 0 Å². The van der Waals surface area contributed by atoms with Crippen LogP contribution in [0.1, 0.15) is 34.0 Å². The van der Waals surface area contributed by atoms with E-state index in [0.29, 0.717) is 12.1 Å². The molecule has 2 aromatic rings. The van der Waals surface area contributed by atoms with Crippen molar-refractivity contribution in [3.8, 4) is 0 Å². The highest BCUT2D eigenvalue weighted by Crippen LogP contribution is 2.28. The Morgan fingerprint density at radius 2 is 1.91 bits per heavy atom. The van der Waals surface area contributed by atoms with Crippen molar-refractivity contribution in [1.82, 2.24) is 5.32 Å². The number of amides is 1. The molecule has 0 saturated carbocycles. The van der Waals surface area contributed by atoms with E-state index in [1.54, 1.807) is 0 Å². The van der Waals surface area contributed by atoms with Crippen molar-refractivity contribution in [2.45, 2.75) is 19.1 Å². The number of benzene rings is 2. The van der Waals surface area contributed by atoms with Crippen LogP contribution in [0.25, 0.3) is 0 Å². The van der Waals surface area contributed by atoms with Crippen LogP contribution in [0.5, 0.6) is 0 Å². The molecule has 0 radical (unpaired) electrons. The largest absolute Gasteiger partial charge is 0.386 e. The van der Waals surface area contributed by atoms with Gasteiger partial charge in [-0.25, -0.2) is 0 Å². The first kappa shape index (κ1) is 14.8. The molecule has 1 aliphatic rings. The summed E-state index contributed by atoms with van der Waals surface area (Å²) in [6.45, 7) is 0.522. The van der Waals surface area contributed by atoms with Gasteiger partial charge in [-0.1, -0.05) is 47.6 Å². The van der Waals surface area contributed by atoms with Crippen LogP contribution < -0.4 is 5.32 Å². The van der Waals surface area contributed by atoms with Crippen LogP contribution in [-0.2, 0) is 11.4 Å². The van der Waals surface area contributed by atoms with Gasteiger partial charge in [0.05, 0.1) is 0 Å². The highest BCUT2D eigenvalue weighted by Gasteiger charge is 2.21. The van der Waals surface area contributed by atoms with Gasteiger partial charge in [0.2, 0.25) is 0 Å². The molecule has 0 saturated heterocycles. The van der Waals surface area contributed by atoms with E-state index in [4.69, 9.17) is 4.84 Å². The molecule has 112 valence electrons. The summed E-state index contributed by atoms with van der Waals surface area (Å²) in [5, 5.41) is 6.78.